The maximum Gasteiger partial charge on any atom is 0.200 e. The zero-order chi connectivity index (χ0) is 30.5. The number of unbranched alkanes of at least 4 members (excludes halogenated alkanes) is 2. The molecule has 0 bridgehead atoms. The normalized spacial score (nSPS) is 13.0. The van der Waals surface area contributed by atoms with Crippen LogP contribution < -0.4 is 0 Å². The topological polar surface area (TPSA) is 21.7 Å². The standard InChI is InChI=1S/C36H51Br2NO2Si/c1-28(2)42(29(3)4,30(5)6)41-24-16-8-15-23-39(25-32-19-11-13-21-34(32)37)36(31-17-9-7-10-18-31)27-40-26-33-20-12-14-22-35(33)38/h7,9-14,17-22,28-30,36H,8,15-16,23-27H2,1-6H3/t36-/m0/s1. The minimum Gasteiger partial charge on any atom is -0.416 e. The molecule has 1 atom stereocenters. The third-order valence-corrected chi connectivity index (χ3v) is 16.3. The van der Waals surface area contributed by atoms with Gasteiger partial charge in [-0.05, 0) is 71.3 Å². The summed E-state index contributed by atoms with van der Waals surface area (Å²) in [5, 5.41) is 0. The van der Waals surface area contributed by atoms with Crippen molar-refractivity contribution in [2.24, 2.45) is 0 Å². The van der Waals surface area contributed by atoms with Crippen molar-refractivity contribution in [3.8, 4) is 0 Å². The van der Waals surface area contributed by atoms with Gasteiger partial charge in [0.05, 0.1) is 19.3 Å². The van der Waals surface area contributed by atoms with Gasteiger partial charge in [0.2, 0.25) is 0 Å². The smallest absolute Gasteiger partial charge is 0.200 e. The Morgan fingerprint density at radius 2 is 1.21 bits per heavy atom. The van der Waals surface area contributed by atoms with Crippen LogP contribution in [-0.4, -0.2) is 33.0 Å². The number of ether oxygens (including phenoxy) is 1. The molecular formula is C36H51Br2NO2Si. The maximum absolute atomic E-state index is 6.85. The highest BCUT2D eigenvalue weighted by Crippen LogP contribution is 2.42. The van der Waals surface area contributed by atoms with Gasteiger partial charge < -0.3 is 9.16 Å². The third-order valence-electron chi connectivity index (χ3n) is 8.60. The molecule has 3 aromatic carbocycles. The van der Waals surface area contributed by atoms with E-state index in [0.717, 1.165) is 47.9 Å². The first-order valence-corrected chi connectivity index (χ1v) is 19.4. The average molecular weight is 718 g/mol. The summed E-state index contributed by atoms with van der Waals surface area (Å²) in [6, 6.07) is 27.9. The molecule has 0 saturated carbocycles. The van der Waals surface area contributed by atoms with Crippen LogP contribution in [0.3, 0.4) is 0 Å². The van der Waals surface area contributed by atoms with Crippen LogP contribution in [0, 0.1) is 0 Å². The van der Waals surface area contributed by atoms with E-state index in [1.165, 1.54) is 16.7 Å². The predicted molar refractivity (Wildman–Crippen MR) is 188 cm³/mol. The minimum absolute atomic E-state index is 0.153. The molecular weight excluding hydrogens is 666 g/mol. The lowest BCUT2D eigenvalue weighted by Crippen LogP contribution is -2.47. The van der Waals surface area contributed by atoms with E-state index in [-0.39, 0.29) is 6.04 Å². The van der Waals surface area contributed by atoms with E-state index in [1.807, 2.05) is 6.07 Å². The lowest BCUT2D eigenvalue weighted by Gasteiger charge is -2.42. The van der Waals surface area contributed by atoms with E-state index in [9.17, 15) is 0 Å². The molecule has 3 nitrogen and oxygen atoms in total. The van der Waals surface area contributed by atoms with Crippen LogP contribution in [0.25, 0.3) is 0 Å². The number of benzene rings is 3. The number of rotatable bonds is 18. The first-order valence-electron chi connectivity index (χ1n) is 15.6. The van der Waals surface area contributed by atoms with Crippen molar-refractivity contribution in [2.75, 3.05) is 19.8 Å². The Labute approximate surface area is 273 Å². The van der Waals surface area contributed by atoms with E-state index in [0.29, 0.717) is 29.8 Å². The summed E-state index contributed by atoms with van der Waals surface area (Å²) in [5.74, 6) is 0. The summed E-state index contributed by atoms with van der Waals surface area (Å²) < 4.78 is 15.5. The Morgan fingerprint density at radius 3 is 1.79 bits per heavy atom. The Kier molecular flexibility index (Phi) is 15.0. The van der Waals surface area contributed by atoms with Gasteiger partial charge in [0.15, 0.2) is 8.32 Å². The fourth-order valence-electron chi connectivity index (χ4n) is 6.52. The van der Waals surface area contributed by atoms with Crippen molar-refractivity contribution >= 4 is 40.2 Å². The fraction of sp³-hybridized carbons (Fsp3) is 0.500. The minimum atomic E-state index is -1.81. The van der Waals surface area contributed by atoms with Gasteiger partial charge >= 0.3 is 0 Å². The molecule has 0 radical (unpaired) electrons. The van der Waals surface area contributed by atoms with Crippen molar-refractivity contribution in [3.05, 3.63) is 104 Å². The summed E-state index contributed by atoms with van der Waals surface area (Å²) in [4.78, 5) is 2.60. The van der Waals surface area contributed by atoms with E-state index in [2.05, 4.69) is 151 Å². The number of hydrogen-bond donors (Lipinski definition) is 0. The van der Waals surface area contributed by atoms with Crippen molar-refractivity contribution in [3.63, 3.8) is 0 Å². The van der Waals surface area contributed by atoms with Crippen LogP contribution in [0.4, 0.5) is 0 Å². The highest BCUT2D eigenvalue weighted by molar-refractivity contribution is 9.10. The Balaban J connectivity index is 1.71. The molecule has 0 aliphatic heterocycles. The molecule has 42 heavy (non-hydrogen) atoms. The van der Waals surface area contributed by atoms with Crippen LogP contribution in [-0.2, 0) is 22.3 Å². The van der Waals surface area contributed by atoms with Gasteiger partial charge in [0.25, 0.3) is 0 Å². The predicted octanol–water partition coefficient (Wildman–Crippen LogP) is 11.3. The molecule has 3 aromatic rings. The summed E-state index contributed by atoms with van der Waals surface area (Å²) in [6.45, 7) is 18.2. The van der Waals surface area contributed by atoms with E-state index in [1.54, 1.807) is 0 Å². The lowest BCUT2D eigenvalue weighted by molar-refractivity contribution is 0.0444. The molecule has 0 unspecified atom stereocenters. The molecule has 230 valence electrons. The quantitative estimate of drug-likeness (QED) is 0.0966. The second-order valence-corrected chi connectivity index (χ2v) is 19.5. The molecule has 0 fully saturated rings. The van der Waals surface area contributed by atoms with E-state index in [4.69, 9.17) is 9.16 Å². The molecule has 6 heteroatoms. The second-order valence-electron chi connectivity index (χ2n) is 12.3. The van der Waals surface area contributed by atoms with Gasteiger partial charge in [0.1, 0.15) is 0 Å². The molecule has 3 rings (SSSR count). The molecule has 0 spiro atoms. The van der Waals surface area contributed by atoms with Crippen molar-refractivity contribution in [1.29, 1.82) is 0 Å². The summed E-state index contributed by atoms with van der Waals surface area (Å²) in [5.41, 5.74) is 5.64. The van der Waals surface area contributed by atoms with Crippen LogP contribution in [0.5, 0.6) is 0 Å². The van der Waals surface area contributed by atoms with E-state index >= 15 is 0 Å². The Morgan fingerprint density at radius 1 is 0.667 bits per heavy atom. The summed E-state index contributed by atoms with van der Waals surface area (Å²) in [6.07, 6.45) is 3.39. The molecule has 0 aliphatic rings. The van der Waals surface area contributed by atoms with Crippen LogP contribution in [0.1, 0.15) is 83.5 Å². The number of halogens is 2. The van der Waals surface area contributed by atoms with Crippen molar-refractivity contribution in [1.82, 2.24) is 4.90 Å². The van der Waals surface area contributed by atoms with Crippen molar-refractivity contribution in [2.45, 2.75) is 96.6 Å². The molecule has 0 N–H and O–H groups in total. The third kappa shape index (κ3) is 9.87. The molecule has 0 heterocycles. The van der Waals surface area contributed by atoms with Gasteiger partial charge in [0, 0.05) is 22.1 Å². The van der Waals surface area contributed by atoms with Gasteiger partial charge in [-0.2, -0.15) is 0 Å². The SMILES string of the molecule is CC(C)[Si](OCCCCCN(Cc1ccccc1Br)[C@@H](COCc1ccccc1Br)c1ccccc1)(C(C)C)C(C)C. The summed E-state index contributed by atoms with van der Waals surface area (Å²) >= 11 is 7.48. The fourth-order valence-corrected chi connectivity index (χ4v) is 12.8. The van der Waals surface area contributed by atoms with Crippen LogP contribution >= 0.6 is 31.9 Å². The maximum atomic E-state index is 6.85. The van der Waals surface area contributed by atoms with Gasteiger partial charge in [-0.25, -0.2) is 0 Å². The van der Waals surface area contributed by atoms with Gasteiger partial charge in [-0.1, -0.05) is 140 Å². The first-order chi connectivity index (χ1) is 20.2. The largest absolute Gasteiger partial charge is 0.416 e. The molecule has 0 aromatic heterocycles. The average Bonchev–Trinajstić information content (AvgIpc) is 2.96. The Hall–Kier alpha value is -1.28. The molecule has 0 saturated heterocycles. The highest BCUT2D eigenvalue weighted by Gasteiger charge is 2.44. The lowest BCUT2D eigenvalue weighted by atomic mass is 10.0. The molecule has 0 amide bonds. The van der Waals surface area contributed by atoms with Gasteiger partial charge in [-0.15, -0.1) is 0 Å². The van der Waals surface area contributed by atoms with Crippen LogP contribution in [0.2, 0.25) is 16.6 Å². The second kappa shape index (κ2) is 17.9. The number of hydrogen-bond acceptors (Lipinski definition) is 3. The van der Waals surface area contributed by atoms with E-state index < -0.39 is 8.32 Å². The number of nitrogens with zero attached hydrogens (tertiary/aromatic N) is 1. The zero-order valence-electron chi connectivity index (χ0n) is 26.5. The first kappa shape index (κ1) is 35.2. The molecule has 0 aliphatic carbocycles. The highest BCUT2D eigenvalue weighted by atomic mass is 79.9. The van der Waals surface area contributed by atoms with Crippen LogP contribution in [0.15, 0.2) is 87.8 Å². The zero-order valence-corrected chi connectivity index (χ0v) is 30.7. The monoisotopic (exact) mass is 715 g/mol. The summed E-state index contributed by atoms with van der Waals surface area (Å²) in [7, 11) is -1.81. The van der Waals surface area contributed by atoms with Crippen molar-refractivity contribution < 1.29 is 9.16 Å². The van der Waals surface area contributed by atoms with Gasteiger partial charge in [-0.3, -0.25) is 4.90 Å². The Bertz CT molecular complexity index is 1170.